The van der Waals surface area contributed by atoms with E-state index >= 15 is 0 Å². The Morgan fingerprint density at radius 1 is 0.941 bits per heavy atom. The van der Waals surface area contributed by atoms with Crippen molar-refractivity contribution in [1.29, 1.82) is 0 Å². The van der Waals surface area contributed by atoms with Gasteiger partial charge >= 0.3 is 0 Å². The van der Waals surface area contributed by atoms with Crippen LogP contribution in [0.2, 0.25) is 0 Å². The highest BCUT2D eigenvalue weighted by molar-refractivity contribution is 7.92. The Bertz CT molecular complexity index is 1220. The molecule has 8 heteroatoms. The second-order valence-electron chi connectivity index (χ2n) is 8.24. The van der Waals surface area contributed by atoms with Gasteiger partial charge in [-0.2, -0.15) is 0 Å². The number of anilines is 2. The molecular weight excluding hydrogens is 448 g/mol. The zero-order chi connectivity index (χ0) is 24.0. The van der Waals surface area contributed by atoms with Crippen molar-refractivity contribution in [3.05, 3.63) is 89.5 Å². The van der Waals surface area contributed by atoms with Crippen LogP contribution < -0.4 is 20.3 Å². The van der Waals surface area contributed by atoms with Crippen molar-refractivity contribution in [2.75, 3.05) is 35.8 Å². The Balaban J connectivity index is 1.60. The summed E-state index contributed by atoms with van der Waals surface area (Å²) < 4.78 is 28.5. The average molecular weight is 479 g/mol. The van der Waals surface area contributed by atoms with Gasteiger partial charge in [0, 0.05) is 44.1 Å². The number of rotatable bonds is 8. The molecule has 0 atom stereocenters. The van der Waals surface area contributed by atoms with Gasteiger partial charge in [0.2, 0.25) is 0 Å². The number of carbonyl (C=O) groups is 1. The molecule has 0 bridgehead atoms. The van der Waals surface area contributed by atoms with Crippen molar-refractivity contribution in [2.45, 2.75) is 24.8 Å². The highest BCUT2D eigenvalue weighted by atomic mass is 32.2. The minimum absolute atomic E-state index is 0.186. The van der Waals surface area contributed by atoms with Gasteiger partial charge in [0.05, 0.1) is 10.5 Å². The summed E-state index contributed by atoms with van der Waals surface area (Å²) in [6.45, 7) is 5.61. The topological polar surface area (TPSA) is 90.5 Å². The second-order valence-corrected chi connectivity index (χ2v) is 9.92. The van der Waals surface area contributed by atoms with E-state index in [9.17, 15) is 13.2 Å². The molecule has 1 aliphatic heterocycles. The minimum Gasteiger partial charge on any atom is -0.368 e. The molecule has 1 saturated heterocycles. The first-order valence-corrected chi connectivity index (χ1v) is 13.0. The van der Waals surface area contributed by atoms with E-state index in [-0.39, 0.29) is 10.8 Å². The minimum atomic E-state index is -3.78. The van der Waals surface area contributed by atoms with Crippen LogP contribution in [0.25, 0.3) is 0 Å². The van der Waals surface area contributed by atoms with Crippen LogP contribution in [-0.4, -0.2) is 40.5 Å². The van der Waals surface area contributed by atoms with E-state index in [0.29, 0.717) is 17.8 Å². The number of hydrogen-bond donors (Lipinski definition) is 3. The van der Waals surface area contributed by atoms with Crippen LogP contribution in [0, 0.1) is 0 Å². The average Bonchev–Trinajstić information content (AvgIpc) is 2.88. The lowest BCUT2D eigenvalue weighted by Gasteiger charge is -2.31. The number of piperazine rings is 1. The fraction of sp³-hybridized carbons (Fsp3) is 0.269. The molecule has 0 saturated carbocycles. The van der Waals surface area contributed by atoms with Crippen LogP contribution in [-0.2, 0) is 23.0 Å². The Morgan fingerprint density at radius 2 is 1.65 bits per heavy atom. The first-order chi connectivity index (χ1) is 16.5. The molecule has 1 amide bonds. The Hall–Kier alpha value is -3.36. The number of nitrogens with one attached hydrogen (secondary N) is 3. The molecule has 0 unspecified atom stereocenters. The van der Waals surface area contributed by atoms with Gasteiger partial charge < -0.3 is 15.5 Å². The van der Waals surface area contributed by atoms with Crippen LogP contribution in [0.3, 0.4) is 0 Å². The Labute approximate surface area is 201 Å². The third-order valence-corrected chi connectivity index (χ3v) is 7.29. The fourth-order valence-corrected chi connectivity index (χ4v) is 5.00. The Morgan fingerprint density at radius 3 is 2.32 bits per heavy atom. The summed E-state index contributed by atoms with van der Waals surface area (Å²) >= 11 is 0. The van der Waals surface area contributed by atoms with Gasteiger partial charge in [-0.1, -0.05) is 49.4 Å². The van der Waals surface area contributed by atoms with Crippen molar-refractivity contribution in [2.24, 2.45) is 0 Å². The molecule has 3 N–H and O–H groups in total. The molecular formula is C26H30N4O3S. The number of carbonyl (C=O) groups excluding carboxylic acids is 1. The van der Waals surface area contributed by atoms with Gasteiger partial charge in [0.25, 0.3) is 15.9 Å². The highest BCUT2D eigenvalue weighted by Crippen LogP contribution is 2.27. The standard InChI is InChI=1S/C26H30N4O3S/c1-2-20-8-11-23(12-9-20)34(32,33)29-22-10-13-25(30-16-14-27-15-17-30)24(18-22)26(31)28-19-21-6-4-3-5-7-21/h3-13,18,27,29H,2,14-17,19H2,1H3,(H,28,31). The van der Waals surface area contributed by atoms with Gasteiger partial charge in [-0.25, -0.2) is 8.42 Å². The van der Waals surface area contributed by atoms with Gasteiger partial charge in [-0.15, -0.1) is 0 Å². The number of aryl methyl sites for hydroxylation is 1. The van der Waals surface area contributed by atoms with Crippen molar-refractivity contribution in [3.63, 3.8) is 0 Å². The molecule has 0 spiro atoms. The molecule has 0 aliphatic carbocycles. The largest absolute Gasteiger partial charge is 0.368 e. The molecule has 1 heterocycles. The van der Waals surface area contributed by atoms with E-state index in [1.54, 1.807) is 24.3 Å². The molecule has 1 fully saturated rings. The maximum Gasteiger partial charge on any atom is 0.261 e. The van der Waals surface area contributed by atoms with Crippen LogP contribution in [0.15, 0.2) is 77.7 Å². The van der Waals surface area contributed by atoms with Crippen LogP contribution >= 0.6 is 0 Å². The predicted octanol–water partition coefficient (Wildman–Crippen LogP) is 3.39. The second kappa shape index (κ2) is 10.7. The fourth-order valence-electron chi connectivity index (χ4n) is 3.95. The first-order valence-electron chi connectivity index (χ1n) is 11.5. The van der Waals surface area contributed by atoms with Gasteiger partial charge in [-0.3, -0.25) is 9.52 Å². The molecule has 1 aliphatic rings. The summed E-state index contributed by atoms with van der Waals surface area (Å²) in [4.78, 5) is 15.5. The normalized spacial score (nSPS) is 14.0. The molecule has 34 heavy (non-hydrogen) atoms. The lowest BCUT2D eigenvalue weighted by Crippen LogP contribution is -2.44. The third-order valence-electron chi connectivity index (χ3n) is 5.89. The molecule has 178 valence electrons. The molecule has 0 aromatic heterocycles. The van der Waals surface area contributed by atoms with Crippen molar-refractivity contribution in [3.8, 4) is 0 Å². The van der Waals surface area contributed by atoms with E-state index in [1.807, 2.05) is 55.5 Å². The summed E-state index contributed by atoms with van der Waals surface area (Å²) in [5.41, 5.74) is 3.65. The zero-order valence-corrected chi connectivity index (χ0v) is 20.1. The highest BCUT2D eigenvalue weighted by Gasteiger charge is 2.21. The summed E-state index contributed by atoms with van der Waals surface area (Å²) in [5.74, 6) is -0.245. The van der Waals surface area contributed by atoms with E-state index < -0.39 is 10.0 Å². The van der Waals surface area contributed by atoms with Gasteiger partial charge in [-0.05, 0) is 47.9 Å². The number of sulfonamides is 1. The zero-order valence-electron chi connectivity index (χ0n) is 19.3. The number of amides is 1. The summed E-state index contributed by atoms with van der Waals surface area (Å²) in [7, 11) is -3.78. The summed E-state index contributed by atoms with van der Waals surface area (Å²) in [6.07, 6.45) is 0.836. The first kappa shape index (κ1) is 23.8. The quantitative estimate of drug-likeness (QED) is 0.462. The van der Waals surface area contributed by atoms with Crippen molar-refractivity contribution < 1.29 is 13.2 Å². The maximum absolute atomic E-state index is 13.2. The molecule has 0 radical (unpaired) electrons. The lowest BCUT2D eigenvalue weighted by molar-refractivity contribution is 0.0951. The van der Waals surface area contributed by atoms with E-state index in [2.05, 4.69) is 20.3 Å². The van der Waals surface area contributed by atoms with Crippen molar-refractivity contribution >= 4 is 27.3 Å². The van der Waals surface area contributed by atoms with Crippen LogP contribution in [0.1, 0.15) is 28.4 Å². The molecule has 3 aromatic carbocycles. The number of hydrogen-bond acceptors (Lipinski definition) is 5. The van der Waals surface area contributed by atoms with E-state index in [4.69, 9.17) is 0 Å². The SMILES string of the molecule is CCc1ccc(S(=O)(=O)Nc2ccc(N3CCNCC3)c(C(=O)NCc3ccccc3)c2)cc1. The molecule has 4 rings (SSSR count). The number of nitrogens with zero attached hydrogens (tertiary/aromatic N) is 1. The van der Waals surface area contributed by atoms with E-state index in [0.717, 1.165) is 49.4 Å². The third kappa shape index (κ3) is 5.76. The summed E-state index contributed by atoms with van der Waals surface area (Å²) in [5, 5.41) is 6.29. The smallest absolute Gasteiger partial charge is 0.261 e. The summed E-state index contributed by atoms with van der Waals surface area (Å²) in [6, 6.07) is 21.7. The monoisotopic (exact) mass is 478 g/mol. The number of benzene rings is 3. The lowest BCUT2D eigenvalue weighted by atomic mass is 10.1. The van der Waals surface area contributed by atoms with E-state index in [1.165, 1.54) is 0 Å². The molecule has 3 aromatic rings. The van der Waals surface area contributed by atoms with Gasteiger partial charge in [0.1, 0.15) is 0 Å². The van der Waals surface area contributed by atoms with Gasteiger partial charge in [0.15, 0.2) is 0 Å². The Kier molecular flexibility index (Phi) is 7.49. The van der Waals surface area contributed by atoms with Crippen molar-refractivity contribution in [1.82, 2.24) is 10.6 Å². The molecule has 7 nitrogen and oxygen atoms in total. The van der Waals surface area contributed by atoms with Crippen LogP contribution in [0.4, 0.5) is 11.4 Å². The van der Waals surface area contributed by atoms with Crippen LogP contribution in [0.5, 0.6) is 0 Å². The maximum atomic E-state index is 13.2. The predicted molar refractivity (Wildman–Crippen MR) is 136 cm³/mol.